The van der Waals surface area contributed by atoms with Crippen molar-refractivity contribution in [2.75, 3.05) is 19.6 Å². The normalized spacial score (nSPS) is 16.9. The molecule has 0 aliphatic carbocycles. The van der Waals surface area contributed by atoms with Crippen molar-refractivity contribution < 1.29 is 4.79 Å². The van der Waals surface area contributed by atoms with E-state index in [0.717, 1.165) is 30.0 Å². The van der Waals surface area contributed by atoms with Gasteiger partial charge in [0.25, 0.3) is 5.91 Å². The van der Waals surface area contributed by atoms with Crippen molar-refractivity contribution in [3.05, 3.63) is 71.7 Å². The average Bonchev–Trinajstić information content (AvgIpc) is 3.13. The van der Waals surface area contributed by atoms with E-state index in [4.69, 9.17) is 0 Å². The molecule has 1 saturated heterocycles. The molecule has 1 aromatic carbocycles. The second kappa shape index (κ2) is 9.48. The highest BCUT2D eigenvalue weighted by Crippen LogP contribution is 2.27. The van der Waals surface area contributed by atoms with Gasteiger partial charge in [0.2, 0.25) is 0 Å². The Labute approximate surface area is 185 Å². The number of nitrogens with one attached hydrogen (secondary N) is 1. The molecule has 4 rings (SSSR count). The standard InChI is InChI=1S/C26H32N4O/c1-19-7-4-5-17-29(19)18-16-28-26(31)23-13-11-22(12-14-23)25-24(8-6-15-27-25)30-20(2)9-10-21(30)3/h6,8-15,19H,4-5,7,16-18H2,1-3H3,(H,28,31). The third kappa shape index (κ3) is 4.72. The topological polar surface area (TPSA) is 50.2 Å². The lowest BCUT2D eigenvalue weighted by Gasteiger charge is -2.33. The summed E-state index contributed by atoms with van der Waals surface area (Å²) in [7, 11) is 0. The van der Waals surface area contributed by atoms with Crippen molar-refractivity contribution in [3.63, 3.8) is 0 Å². The Morgan fingerprint density at radius 2 is 1.81 bits per heavy atom. The number of pyridine rings is 1. The molecule has 0 saturated carbocycles. The summed E-state index contributed by atoms with van der Waals surface area (Å²) in [5, 5.41) is 3.07. The van der Waals surface area contributed by atoms with Gasteiger partial charge in [-0.1, -0.05) is 18.6 Å². The molecule has 31 heavy (non-hydrogen) atoms. The Bertz CT molecular complexity index is 1020. The van der Waals surface area contributed by atoms with Crippen LogP contribution in [-0.4, -0.2) is 46.0 Å². The first kappa shape index (κ1) is 21.3. The van der Waals surface area contributed by atoms with Gasteiger partial charge in [0.1, 0.15) is 0 Å². The number of aromatic nitrogens is 2. The molecular weight excluding hydrogens is 384 g/mol. The molecule has 1 aliphatic heterocycles. The number of likely N-dealkylation sites (tertiary alicyclic amines) is 1. The summed E-state index contributed by atoms with van der Waals surface area (Å²) in [6, 6.07) is 16.7. The highest BCUT2D eigenvalue weighted by Gasteiger charge is 2.18. The van der Waals surface area contributed by atoms with Gasteiger partial charge in [-0.05, 0) is 76.6 Å². The van der Waals surface area contributed by atoms with E-state index >= 15 is 0 Å². The van der Waals surface area contributed by atoms with Gasteiger partial charge in [-0.15, -0.1) is 0 Å². The van der Waals surface area contributed by atoms with Crippen molar-refractivity contribution in [1.29, 1.82) is 0 Å². The monoisotopic (exact) mass is 416 g/mol. The summed E-state index contributed by atoms with van der Waals surface area (Å²) >= 11 is 0. The van der Waals surface area contributed by atoms with Crippen molar-refractivity contribution >= 4 is 5.91 Å². The molecular formula is C26H32N4O. The van der Waals surface area contributed by atoms with Gasteiger partial charge in [-0.3, -0.25) is 14.7 Å². The molecule has 1 amide bonds. The second-order valence-electron chi connectivity index (χ2n) is 8.54. The summed E-state index contributed by atoms with van der Waals surface area (Å²) in [5.41, 5.74) is 5.99. The number of rotatable bonds is 6. The SMILES string of the molecule is Cc1ccc(C)n1-c1cccnc1-c1ccc(C(=O)NCCN2CCCCC2C)cc1. The van der Waals surface area contributed by atoms with Crippen LogP contribution in [0.3, 0.4) is 0 Å². The third-order valence-electron chi connectivity index (χ3n) is 6.34. The maximum absolute atomic E-state index is 12.6. The number of hydrogen-bond acceptors (Lipinski definition) is 3. The van der Waals surface area contributed by atoms with Gasteiger partial charge in [0, 0.05) is 47.8 Å². The zero-order valence-electron chi connectivity index (χ0n) is 18.8. The van der Waals surface area contributed by atoms with E-state index in [0.29, 0.717) is 18.2 Å². The predicted octanol–water partition coefficient (Wildman–Crippen LogP) is 4.76. The van der Waals surface area contributed by atoms with E-state index in [1.165, 1.54) is 30.7 Å². The number of aryl methyl sites for hydroxylation is 2. The van der Waals surface area contributed by atoms with Crippen LogP contribution in [0.5, 0.6) is 0 Å². The molecule has 1 N–H and O–H groups in total. The lowest BCUT2D eigenvalue weighted by atomic mass is 10.0. The molecule has 0 spiro atoms. The maximum Gasteiger partial charge on any atom is 0.251 e. The lowest BCUT2D eigenvalue weighted by molar-refractivity contribution is 0.0938. The zero-order valence-corrected chi connectivity index (χ0v) is 18.8. The minimum Gasteiger partial charge on any atom is -0.351 e. The van der Waals surface area contributed by atoms with Gasteiger partial charge in [-0.25, -0.2) is 0 Å². The number of amides is 1. The van der Waals surface area contributed by atoms with Crippen LogP contribution in [0.15, 0.2) is 54.7 Å². The molecule has 2 aromatic heterocycles. The summed E-state index contributed by atoms with van der Waals surface area (Å²) < 4.78 is 2.21. The lowest BCUT2D eigenvalue weighted by Crippen LogP contribution is -2.42. The Kier molecular flexibility index (Phi) is 6.52. The summed E-state index contributed by atoms with van der Waals surface area (Å²) in [4.78, 5) is 19.7. The minimum absolute atomic E-state index is 0.0189. The van der Waals surface area contributed by atoms with Crippen LogP contribution < -0.4 is 5.32 Å². The zero-order chi connectivity index (χ0) is 21.8. The molecule has 3 aromatic rings. The van der Waals surface area contributed by atoms with Gasteiger partial charge in [0.05, 0.1) is 11.4 Å². The van der Waals surface area contributed by atoms with E-state index in [-0.39, 0.29) is 5.91 Å². The number of piperidine rings is 1. The van der Waals surface area contributed by atoms with Crippen molar-refractivity contribution in [1.82, 2.24) is 19.8 Å². The first-order valence-corrected chi connectivity index (χ1v) is 11.3. The third-order valence-corrected chi connectivity index (χ3v) is 6.34. The van der Waals surface area contributed by atoms with Crippen LogP contribution in [0, 0.1) is 13.8 Å². The Morgan fingerprint density at radius 1 is 1.06 bits per heavy atom. The number of carbonyl (C=O) groups excluding carboxylic acids is 1. The summed E-state index contributed by atoms with van der Waals surface area (Å²) in [6.45, 7) is 9.21. The predicted molar refractivity (Wildman–Crippen MR) is 126 cm³/mol. The number of nitrogens with zero attached hydrogens (tertiary/aromatic N) is 3. The fraction of sp³-hybridized carbons (Fsp3) is 0.385. The minimum atomic E-state index is -0.0189. The molecule has 1 aliphatic rings. The van der Waals surface area contributed by atoms with E-state index < -0.39 is 0 Å². The summed E-state index contributed by atoms with van der Waals surface area (Å²) in [6.07, 6.45) is 5.65. The second-order valence-corrected chi connectivity index (χ2v) is 8.54. The van der Waals surface area contributed by atoms with Gasteiger partial charge in [0.15, 0.2) is 0 Å². The molecule has 0 bridgehead atoms. The van der Waals surface area contributed by atoms with Crippen LogP contribution in [-0.2, 0) is 0 Å². The summed E-state index contributed by atoms with van der Waals surface area (Å²) in [5.74, 6) is -0.0189. The Balaban J connectivity index is 1.45. The van der Waals surface area contributed by atoms with Crippen LogP contribution in [0.1, 0.15) is 47.9 Å². The number of hydrogen-bond donors (Lipinski definition) is 1. The maximum atomic E-state index is 12.6. The van der Waals surface area contributed by atoms with Crippen molar-refractivity contribution in [2.24, 2.45) is 0 Å². The van der Waals surface area contributed by atoms with Crippen LogP contribution >= 0.6 is 0 Å². The first-order chi connectivity index (χ1) is 15.0. The van der Waals surface area contributed by atoms with E-state index in [2.05, 4.69) is 58.7 Å². The fourth-order valence-electron chi connectivity index (χ4n) is 4.53. The number of benzene rings is 1. The van der Waals surface area contributed by atoms with E-state index in [1.54, 1.807) is 0 Å². The Morgan fingerprint density at radius 3 is 2.52 bits per heavy atom. The molecule has 5 nitrogen and oxygen atoms in total. The molecule has 5 heteroatoms. The molecule has 3 heterocycles. The van der Waals surface area contributed by atoms with Gasteiger partial charge < -0.3 is 9.88 Å². The highest BCUT2D eigenvalue weighted by molar-refractivity contribution is 5.94. The van der Waals surface area contributed by atoms with Crippen LogP contribution in [0.25, 0.3) is 16.9 Å². The fourth-order valence-corrected chi connectivity index (χ4v) is 4.53. The van der Waals surface area contributed by atoms with E-state index in [1.807, 2.05) is 36.5 Å². The smallest absolute Gasteiger partial charge is 0.251 e. The quantitative estimate of drug-likeness (QED) is 0.630. The molecule has 1 atom stereocenters. The molecule has 1 fully saturated rings. The van der Waals surface area contributed by atoms with Crippen molar-refractivity contribution in [2.45, 2.75) is 46.1 Å². The van der Waals surface area contributed by atoms with Gasteiger partial charge in [-0.2, -0.15) is 0 Å². The van der Waals surface area contributed by atoms with Crippen LogP contribution in [0.2, 0.25) is 0 Å². The van der Waals surface area contributed by atoms with Crippen molar-refractivity contribution in [3.8, 4) is 16.9 Å². The molecule has 162 valence electrons. The number of carbonyl (C=O) groups is 1. The van der Waals surface area contributed by atoms with Gasteiger partial charge >= 0.3 is 0 Å². The molecule has 0 radical (unpaired) electrons. The molecule has 1 unspecified atom stereocenters. The first-order valence-electron chi connectivity index (χ1n) is 11.3. The highest BCUT2D eigenvalue weighted by atomic mass is 16.1. The van der Waals surface area contributed by atoms with Crippen LogP contribution in [0.4, 0.5) is 0 Å². The average molecular weight is 417 g/mol. The largest absolute Gasteiger partial charge is 0.351 e. The Hall–Kier alpha value is -2.92. The van der Waals surface area contributed by atoms with E-state index in [9.17, 15) is 4.79 Å².